The minimum Gasteiger partial charge on any atom is -0.497 e. The first-order chi connectivity index (χ1) is 11.0. The first kappa shape index (κ1) is 16.9. The number of rotatable bonds is 7. The lowest BCUT2D eigenvalue weighted by Crippen LogP contribution is -2.36. The average Bonchev–Trinajstić information content (AvgIpc) is 2.59. The van der Waals surface area contributed by atoms with Gasteiger partial charge in [0, 0.05) is 18.9 Å². The summed E-state index contributed by atoms with van der Waals surface area (Å²) < 4.78 is 31.4. The van der Waals surface area contributed by atoms with E-state index in [1.807, 2.05) is 0 Å². The molecule has 0 bridgehead atoms. The van der Waals surface area contributed by atoms with Crippen LogP contribution < -0.4 is 14.8 Å². The van der Waals surface area contributed by atoms with Gasteiger partial charge in [0.2, 0.25) is 15.9 Å². The number of nitrogens with zero attached hydrogens (tertiary/aromatic N) is 1. The van der Waals surface area contributed by atoms with Gasteiger partial charge in [0.1, 0.15) is 5.75 Å². The summed E-state index contributed by atoms with van der Waals surface area (Å²) in [7, 11) is -2.24. The van der Waals surface area contributed by atoms with Gasteiger partial charge in [-0.05, 0) is 42.0 Å². The Labute approximate surface area is 134 Å². The highest BCUT2D eigenvalue weighted by atomic mass is 32.2. The van der Waals surface area contributed by atoms with Crippen molar-refractivity contribution in [1.82, 2.24) is 15.0 Å². The molecule has 0 fully saturated rings. The molecule has 0 aliphatic heterocycles. The number of nitrogens with one attached hydrogen (secondary N) is 2. The summed E-state index contributed by atoms with van der Waals surface area (Å²) in [5, 5.41) is 2.63. The van der Waals surface area contributed by atoms with Crippen molar-refractivity contribution in [1.29, 1.82) is 0 Å². The van der Waals surface area contributed by atoms with Gasteiger partial charge in [0.15, 0.2) is 0 Å². The molecular weight excluding hydrogens is 318 g/mol. The number of carbonyl (C=O) groups excluding carboxylic acids is 1. The van der Waals surface area contributed by atoms with Gasteiger partial charge >= 0.3 is 0 Å². The zero-order valence-corrected chi connectivity index (χ0v) is 13.3. The van der Waals surface area contributed by atoms with Crippen LogP contribution in [0.5, 0.6) is 5.75 Å². The third-order valence-electron chi connectivity index (χ3n) is 3.03. The molecule has 0 unspecified atom stereocenters. The molecule has 23 heavy (non-hydrogen) atoms. The predicted octanol–water partition coefficient (Wildman–Crippen LogP) is 0.685. The number of methoxy groups -OCH3 is 1. The van der Waals surface area contributed by atoms with Crippen molar-refractivity contribution in [3.05, 3.63) is 54.4 Å². The molecule has 122 valence electrons. The standard InChI is InChI=1S/C15H17N3O4S/c1-22-13-2-4-14(5-3-13)23(20,21)18-11-15(19)17-10-12-6-8-16-9-7-12/h2-9,18H,10-11H2,1H3,(H,17,19). The maximum absolute atomic E-state index is 12.1. The molecule has 1 aromatic heterocycles. The summed E-state index contributed by atoms with van der Waals surface area (Å²) in [4.78, 5) is 15.7. The first-order valence-corrected chi connectivity index (χ1v) is 8.29. The van der Waals surface area contributed by atoms with E-state index in [9.17, 15) is 13.2 Å². The summed E-state index contributed by atoms with van der Waals surface area (Å²) in [6.45, 7) is -0.0228. The molecule has 0 aliphatic rings. The van der Waals surface area contributed by atoms with E-state index in [0.717, 1.165) is 5.56 Å². The van der Waals surface area contributed by atoms with Crippen LogP contribution in [-0.2, 0) is 21.4 Å². The highest BCUT2D eigenvalue weighted by Crippen LogP contribution is 2.14. The molecule has 0 saturated carbocycles. The largest absolute Gasteiger partial charge is 0.497 e. The van der Waals surface area contributed by atoms with Crippen molar-refractivity contribution < 1.29 is 17.9 Å². The number of benzene rings is 1. The summed E-state index contributed by atoms with van der Waals surface area (Å²) >= 11 is 0. The van der Waals surface area contributed by atoms with Crippen molar-refractivity contribution in [2.75, 3.05) is 13.7 Å². The van der Waals surface area contributed by atoms with Crippen molar-refractivity contribution >= 4 is 15.9 Å². The molecule has 0 aliphatic carbocycles. The molecule has 0 spiro atoms. The van der Waals surface area contributed by atoms with Gasteiger partial charge in [-0.25, -0.2) is 13.1 Å². The van der Waals surface area contributed by atoms with E-state index >= 15 is 0 Å². The second kappa shape index (κ2) is 7.70. The average molecular weight is 335 g/mol. The number of hydrogen-bond donors (Lipinski definition) is 2. The maximum Gasteiger partial charge on any atom is 0.241 e. The van der Waals surface area contributed by atoms with Crippen molar-refractivity contribution in [3.63, 3.8) is 0 Å². The number of sulfonamides is 1. The molecule has 2 rings (SSSR count). The van der Waals surface area contributed by atoms with Crippen LogP contribution in [0, 0.1) is 0 Å². The lowest BCUT2D eigenvalue weighted by molar-refractivity contribution is -0.120. The number of pyridine rings is 1. The Morgan fingerprint density at radius 3 is 2.39 bits per heavy atom. The molecule has 2 aromatic rings. The minimum atomic E-state index is -3.74. The summed E-state index contributed by atoms with van der Waals surface area (Å²) in [6.07, 6.45) is 3.24. The number of amides is 1. The van der Waals surface area contributed by atoms with E-state index in [1.54, 1.807) is 24.5 Å². The Balaban J connectivity index is 1.87. The summed E-state index contributed by atoms with van der Waals surface area (Å²) in [5.74, 6) is 0.137. The highest BCUT2D eigenvalue weighted by molar-refractivity contribution is 7.89. The van der Waals surface area contributed by atoms with Crippen LogP contribution in [0.4, 0.5) is 0 Å². The summed E-state index contributed by atoms with van der Waals surface area (Å²) in [6, 6.07) is 9.44. The Kier molecular flexibility index (Phi) is 5.67. The quantitative estimate of drug-likeness (QED) is 0.776. The smallest absolute Gasteiger partial charge is 0.241 e. The Bertz CT molecular complexity index is 746. The molecule has 0 atom stereocenters. The summed E-state index contributed by atoms with van der Waals surface area (Å²) in [5.41, 5.74) is 0.881. The van der Waals surface area contributed by atoms with Crippen LogP contribution in [0.25, 0.3) is 0 Å². The van der Waals surface area contributed by atoms with Crippen LogP contribution in [0.3, 0.4) is 0 Å². The molecule has 1 aromatic carbocycles. The Morgan fingerprint density at radius 2 is 1.78 bits per heavy atom. The lowest BCUT2D eigenvalue weighted by atomic mass is 10.3. The van der Waals surface area contributed by atoms with Crippen LogP contribution in [0.15, 0.2) is 53.7 Å². The van der Waals surface area contributed by atoms with Gasteiger partial charge in [0.25, 0.3) is 0 Å². The van der Waals surface area contributed by atoms with Crippen LogP contribution >= 0.6 is 0 Å². The Morgan fingerprint density at radius 1 is 1.13 bits per heavy atom. The SMILES string of the molecule is COc1ccc(S(=O)(=O)NCC(=O)NCc2ccncc2)cc1. The zero-order chi connectivity index (χ0) is 16.7. The molecule has 0 radical (unpaired) electrons. The topological polar surface area (TPSA) is 97.4 Å². The van der Waals surface area contributed by atoms with E-state index in [-0.39, 0.29) is 11.4 Å². The fourth-order valence-corrected chi connectivity index (χ4v) is 2.74. The second-order valence-corrected chi connectivity index (χ2v) is 6.40. The van der Waals surface area contributed by atoms with Crippen LogP contribution in [0.2, 0.25) is 0 Å². The number of aromatic nitrogens is 1. The van der Waals surface area contributed by atoms with Crippen LogP contribution in [0.1, 0.15) is 5.56 Å². The highest BCUT2D eigenvalue weighted by Gasteiger charge is 2.15. The van der Waals surface area contributed by atoms with Gasteiger partial charge in [-0.2, -0.15) is 0 Å². The molecule has 1 heterocycles. The van der Waals surface area contributed by atoms with Crippen molar-refractivity contribution in [3.8, 4) is 5.75 Å². The molecule has 2 N–H and O–H groups in total. The van der Waals surface area contributed by atoms with E-state index in [1.165, 1.54) is 31.4 Å². The van der Waals surface area contributed by atoms with E-state index in [2.05, 4.69) is 15.0 Å². The van der Waals surface area contributed by atoms with E-state index in [0.29, 0.717) is 12.3 Å². The van der Waals surface area contributed by atoms with Gasteiger partial charge in [0.05, 0.1) is 18.6 Å². The van der Waals surface area contributed by atoms with Gasteiger partial charge in [-0.1, -0.05) is 0 Å². The fraction of sp³-hybridized carbons (Fsp3) is 0.200. The fourth-order valence-electron chi connectivity index (χ4n) is 1.76. The minimum absolute atomic E-state index is 0.0697. The second-order valence-electron chi connectivity index (χ2n) is 4.63. The molecule has 1 amide bonds. The molecule has 0 saturated heterocycles. The number of hydrogen-bond acceptors (Lipinski definition) is 5. The predicted molar refractivity (Wildman–Crippen MR) is 84.3 cm³/mol. The third-order valence-corrected chi connectivity index (χ3v) is 4.45. The monoisotopic (exact) mass is 335 g/mol. The van der Waals surface area contributed by atoms with Crippen molar-refractivity contribution in [2.45, 2.75) is 11.4 Å². The normalized spacial score (nSPS) is 11.0. The molecule has 7 nitrogen and oxygen atoms in total. The molecular formula is C15H17N3O4S. The van der Waals surface area contributed by atoms with Crippen LogP contribution in [-0.4, -0.2) is 33.0 Å². The van der Waals surface area contributed by atoms with E-state index in [4.69, 9.17) is 4.74 Å². The number of ether oxygens (including phenoxy) is 1. The zero-order valence-electron chi connectivity index (χ0n) is 12.5. The van der Waals surface area contributed by atoms with Crippen molar-refractivity contribution in [2.24, 2.45) is 0 Å². The van der Waals surface area contributed by atoms with E-state index < -0.39 is 15.9 Å². The lowest BCUT2D eigenvalue weighted by Gasteiger charge is -2.08. The van der Waals surface area contributed by atoms with Gasteiger partial charge in [-0.15, -0.1) is 0 Å². The first-order valence-electron chi connectivity index (χ1n) is 6.80. The van der Waals surface area contributed by atoms with Gasteiger partial charge < -0.3 is 10.1 Å². The Hall–Kier alpha value is -2.45. The maximum atomic E-state index is 12.1. The number of carbonyl (C=O) groups is 1. The van der Waals surface area contributed by atoms with Gasteiger partial charge in [-0.3, -0.25) is 9.78 Å². The third kappa shape index (κ3) is 5.04. The molecule has 8 heteroatoms.